The lowest BCUT2D eigenvalue weighted by atomic mass is 9.78. The van der Waals surface area contributed by atoms with Crippen LogP contribution in [0.4, 0.5) is 0 Å². The maximum Gasteiger partial charge on any atom is 0.353 e. The van der Waals surface area contributed by atoms with Gasteiger partial charge in [0.15, 0.2) is 0 Å². The van der Waals surface area contributed by atoms with Crippen LogP contribution in [-0.4, -0.2) is 88.7 Å². The van der Waals surface area contributed by atoms with E-state index in [0.717, 1.165) is 5.56 Å². The van der Waals surface area contributed by atoms with Gasteiger partial charge in [-0.2, -0.15) is 0 Å². The molecule has 3 aliphatic rings. The molecule has 2 saturated heterocycles. The third kappa shape index (κ3) is 5.25. The predicted octanol–water partition coefficient (Wildman–Crippen LogP) is 0.386. The Morgan fingerprint density at radius 3 is 2.57 bits per heavy atom. The predicted molar refractivity (Wildman–Crippen MR) is 140 cm³/mol. The Labute approximate surface area is 221 Å². The van der Waals surface area contributed by atoms with Crippen molar-refractivity contribution < 1.29 is 24.3 Å². The number of carbonyl (C=O) groups is 4. The summed E-state index contributed by atoms with van der Waals surface area (Å²) in [6.07, 6.45) is 0.959. The number of carbonyl (C=O) groups excluding carboxylic acids is 3. The van der Waals surface area contributed by atoms with E-state index in [0.29, 0.717) is 24.3 Å². The van der Waals surface area contributed by atoms with Gasteiger partial charge in [-0.05, 0) is 25.3 Å². The third-order valence-corrected chi connectivity index (χ3v) is 8.97. The number of aliphatic carboxylic acids is 1. The van der Waals surface area contributed by atoms with Crippen molar-refractivity contribution in [2.45, 2.75) is 56.1 Å². The van der Waals surface area contributed by atoms with E-state index in [1.807, 2.05) is 37.3 Å². The van der Waals surface area contributed by atoms with E-state index >= 15 is 0 Å². The van der Waals surface area contributed by atoms with Gasteiger partial charge in [0.1, 0.15) is 5.70 Å². The molecule has 10 nitrogen and oxygen atoms in total. The standard InChI is InChI=1S/C26H35N5O5S/c1-13-20-19(14(2)29-23(32)17(27)10-15-8-6-5-7-9-15)25(34)31(20)21(26(35)36)22(13)37-16-11-18(28-12-16)24(33)30(3)4/h5-9,13-14,16-20,28H,10-12,27H2,1-4H3,(H,29,32)(H,35,36)/t13-,14?,16+,17?,18+,19-,20-/m1/s1. The number of benzene rings is 1. The summed E-state index contributed by atoms with van der Waals surface area (Å²) in [6, 6.07) is 7.55. The highest BCUT2D eigenvalue weighted by molar-refractivity contribution is 8.03. The number of nitrogens with two attached hydrogens (primary N) is 1. The molecule has 2 fully saturated rings. The molecule has 37 heavy (non-hydrogen) atoms. The normalized spacial score (nSPS) is 28.4. The zero-order valence-corrected chi connectivity index (χ0v) is 22.3. The first-order chi connectivity index (χ1) is 17.5. The van der Waals surface area contributed by atoms with Gasteiger partial charge in [-0.25, -0.2) is 4.79 Å². The van der Waals surface area contributed by atoms with Crippen molar-refractivity contribution in [3.05, 3.63) is 46.5 Å². The second-order valence-electron chi connectivity index (χ2n) is 10.3. The number of thioether (sulfide) groups is 1. The van der Waals surface area contributed by atoms with Crippen molar-refractivity contribution in [3.8, 4) is 0 Å². The SMILES string of the molecule is CC(NC(=O)C(N)Cc1ccccc1)[C@H]1C(=O)N2C(C(=O)O)=C(S[C@@H]3CN[C@H](C(=O)N(C)C)C3)[C@H](C)[C@H]12. The van der Waals surface area contributed by atoms with Crippen molar-refractivity contribution in [2.75, 3.05) is 20.6 Å². The molecule has 11 heteroatoms. The van der Waals surface area contributed by atoms with E-state index in [1.54, 1.807) is 25.9 Å². The monoisotopic (exact) mass is 529 g/mol. The quantitative estimate of drug-likeness (QED) is 0.336. The molecule has 0 spiro atoms. The van der Waals surface area contributed by atoms with Gasteiger partial charge in [0.05, 0.1) is 24.0 Å². The molecule has 4 rings (SSSR count). The van der Waals surface area contributed by atoms with Crippen LogP contribution >= 0.6 is 11.8 Å². The zero-order chi connectivity index (χ0) is 27.0. The van der Waals surface area contributed by atoms with Gasteiger partial charge in [-0.15, -0.1) is 11.8 Å². The van der Waals surface area contributed by atoms with Crippen LogP contribution in [-0.2, 0) is 25.6 Å². The maximum atomic E-state index is 13.2. The number of β-lactam (4-membered cyclic amide) rings is 1. The third-order valence-electron chi connectivity index (χ3n) is 7.46. The Kier molecular flexibility index (Phi) is 7.96. The van der Waals surface area contributed by atoms with Crippen LogP contribution in [0, 0.1) is 11.8 Å². The number of nitrogens with one attached hydrogen (secondary N) is 2. The van der Waals surface area contributed by atoms with E-state index in [2.05, 4.69) is 10.6 Å². The molecule has 3 heterocycles. The van der Waals surface area contributed by atoms with Gasteiger partial charge in [0.25, 0.3) is 0 Å². The number of carboxylic acids is 1. The Morgan fingerprint density at radius 2 is 1.95 bits per heavy atom. The van der Waals surface area contributed by atoms with E-state index < -0.39 is 24.0 Å². The first-order valence-corrected chi connectivity index (χ1v) is 13.4. The zero-order valence-electron chi connectivity index (χ0n) is 21.5. The number of hydrogen-bond acceptors (Lipinski definition) is 7. The molecule has 3 amide bonds. The van der Waals surface area contributed by atoms with Gasteiger partial charge in [-0.1, -0.05) is 37.3 Å². The molecule has 3 aliphatic heterocycles. The van der Waals surface area contributed by atoms with Crippen LogP contribution in [0.25, 0.3) is 0 Å². The molecular formula is C26H35N5O5S. The Bertz CT molecular complexity index is 1110. The molecule has 0 aliphatic carbocycles. The van der Waals surface area contributed by atoms with Crippen LogP contribution in [0.3, 0.4) is 0 Å². The second kappa shape index (κ2) is 10.8. The number of hydrogen-bond donors (Lipinski definition) is 4. The van der Waals surface area contributed by atoms with E-state index in [-0.39, 0.29) is 46.7 Å². The Hall–Kier alpha value is -2.89. The van der Waals surface area contributed by atoms with Crippen molar-refractivity contribution in [1.29, 1.82) is 0 Å². The topological polar surface area (TPSA) is 145 Å². The maximum absolute atomic E-state index is 13.2. The van der Waals surface area contributed by atoms with Crippen LogP contribution in [0.1, 0.15) is 25.8 Å². The molecule has 1 aromatic rings. The Balaban J connectivity index is 1.42. The summed E-state index contributed by atoms with van der Waals surface area (Å²) in [5, 5.41) is 16.1. The first-order valence-electron chi connectivity index (χ1n) is 12.5. The Morgan fingerprint density at radius 1 is 1.27 bits per heavy atom. The van der Waals surface area contributed by atoms with Crippen molar-refractivity contribution in [2.24, 2.45) is 17.6 Å². The molecule has 0 aromatic heterocycles. The second-order valence-corrected chi connectivity index (χ2v) is 11.6. The van der Waals surface area contributed by atoms with Crippen LogP contribution in [0.5, 0.6) is 0 Å². The molecule has 200 valence electrons. The lowest BCUT2D eigenvalue weighted by molar-refractivity contribution is -0.158. The smallest absolute Gasteiger partial charge is 0.353 e. The molecule has 7 atom stereocenters. The number of rotatable bonds is 9. The highest BCUT2D eigenvalue weighted by Gasteiger charge is 2.60. The minimum absolute atomic E-state index is 0.0101. The fraction of sp³-hybridized carbons (Fsp3) is 0.538. The first kappa shape index (κ1) is 27.2. The molecular weight excluding hydrogens is 494 g/mol. The molecule has 0 bridgehead atoms. The van der Waals surface area contributed by atoms with Gasteiger partial charge in [0.2, 0.25) is 17.7 Å². The van der Waals surface area contributed by atoms with Crippen molar-refractivity contribution >= 4 is 35.5 Å². The van der Waals surface area contributed by atoms with Crippen molar-refractivity contribution in [1.82, 2.24) is 20.4 Å². The average molecular weight is 530 g/mol. The summed E-state index contributed by atoms with van der Waals surface area (Å²) in [7, 11) is 3.42. The summed E-state index contributed by atoms with van der Waals surface area (Å²) >= 11 is 1.44. The number of amides is 3. The van der Waals surface area contributed by atoms with Crippen LogP contribution in [0.2, 0.25) is 0 Å². The number of fused-ring (bicyclic) bond motifs is 1. The van der Waals surface area contributed by atoms with E-state index in [1.165, 1.54) is 16.7 Å². The highest BCUT2D eigenvalue weighted by atomic mass is 32.2. The summed E-state index contributed by atoms with van der Waals surface area (Å²) in [4.78, 5) is 54.1. The number of likely N-dealkylation sites (N-methyl/N-ethyl adjacent to an activating group) is 1. The summed E-state index contributed by atoms with van der Waals surface area (Å²) in [6.45, 7) is 4.27. The largest absolute Gasteiger partial charge is 0.477 e. The fourth-order valence-corrected chi connectivity index (χ4v) is 7.03. The van der Waals surface area contributed by atoms with Crippen molar-refractivity contribution in [3.63, 3.8) is 0 Å². The van der Waals surface area contributed by atoms with Crippen LogP contribution in [0.15, 0.2) is 40.9 Å². The average Bonchev–Trinajstić information content (AvgIpc) is 3.40. The fourth-order valence-electron chi connectivity index (χ4n) is 5.55. The highest BCUT2D eigenvalue weighted by Crippen LogP contribution is 2.51. The summed E-state index contributed by atoms with van der Waals surface area (Å²) in [5.41, 5.74) is 7.09. The van der Waals surface area contributed by atoms with Gasteiger partial charge in [0, 0.05) is 42.8 Å². The van der Waals surface area contributed by atoms with Crippen LogP contribution < -0.4 is 16.4 Å². The van der Waals surface area contributed by atoms with Gasteiger partial charge < -0.3 is 31.3 Å². The summed E-state index contributed by atoms with van der Waals surface area (Å²) < 4.78 is 0. The molecule has 0 radical (unpaired) electrons. The van der Waals surface area contributed by atoms with Gasteiger partial charge >= 0.3 is 5.97 Å². The lowest BCUT2D eigenvalue weighted by Gasteiger charge is -2.47. The molecule has 1 aromatic carbocycles. The molecule has 0 saturated carbocycles. The minimum Gasteiger partial charge on any atom is -0.477 e. The number of nitrogens with zero attached hydrogens (tertiary/aromatic N) is 2. The van der Waals surface area contributed by atoms with E-state index in [9.17, 15) is 24.3 Å². The van der Waals surface area contributed by atoms with Gasteiger partial charge in [-0.3, -0.25) is 14.4 Å². The lowest BCUT2D eigenvalue weighted by Crippen LogP contribution is -2.66. The molecule has 5 N–H and O–H groups in total. The number of carboxylic acid groups (broad SMARTS) is 1. The molecule has 2 unspecified atom stereocenters. The van der Waals surface area contributed by atoms with E-state index in [4.69, 9.17) is 5.73 Å². The summed E-state index contributed by atoms with van der Waals surface area (Å²) in [5.74, 6) is -2.55. The minimum atomic E-state index is -1.14.